The maximum Gasteiger partial charge on any atom is 0.160 e. The third kappa shape index (κ3) is 2.71. The number of hydrogen-bond acceptors (Lipinski definition) is 1. The average Bonchev–Trinajstić information content (AvgIpc) is 2.26. The Morgan fingerprint density at radius 3 is 2.38 bits per heavy atom. The fourth-order valence-corrected chi connectivity index (χ4v) is 2.03. The van der Waals surface area contributed by atoms with E-state index in [0.717, 1.165) is 12.5 Å². The lowest BCUT2D eigenvalue weighted by molar-refractivity contribution is 0.397. The van der Waals surface area contributed by atoms with Crippen LogP contribution in [0.3, 0.4) is 0 Å². The van der Waals surface area contributed by atoms with Crippen LogP contribution in [0.1, 0.15) is 31.9 Å². The third-order valence-electron chi connectivity index (χ3n) is 2.90. The van der Waals surface area contributed by atoms with E-state index in [4.69, 9.17) is 11.6 Å². The molecule has 1 aromatic rings. The summed E-state index contributed by atoms with van der Waals surface area (Å²) in [5, 5.41) is 3.35. The second-order valence-corrected chi connectivity index (χ2v) is 4.35. The van der Waals surface area contributed by atoms with E-state index in [1.165, 1.54) is 6.07 Å². The van der Waals surface area contributed by atoms with E-state index < -0.39 is 11.6 Å². The molecule has 2 atom stereocenters. The van der Waals surface area contributed by atoms with Crippen molar-refractivity contribution in [2.24, 2.45) is 5.92 Å². The summed E-state index contributed by atoms with van der Waals surface area (Å²) in [7, 11) is 1.79. The lowest BCUT2D eigenvalue weighted by Gasteiger charge is -2.24. The summed E-state index contributed by atoms with van der Waals surface area (Å²) in [6.07, 6.45) is 0.931. The monoisotopic (exact) mass is 247 g/mol. The SMILES string of the molecule is CCC(C)C(NC)c1cc(F)c(F)cc1Cl. The fourth-order valence-electron chi connectivity index (χ4n) is 1.76. The maximum absolute atomic E-state index is 13.2. The number of benzene rings is 1. The zero-order chi connectivity index (χ0) is 12.3. The van der Waals surface area contributed by atoms with Crippen molar-refractivity contribution < 1.29 is 8.78 Å². The summed E-state index contributed by atoms with van der Waals surface area (Å²) < 4.78 is 26.1. The van der Waals surface area contributed by atoms with E-state index in [1.807, 2.05) is 13.8 Å². The van der Waals surface area contributed by atoms with Gasteiger partial charge in [-0.05, 0) is 30.7 Å². The molecular weight excluding hydrogens is 232 g/mol. The van der Waals surface area contributed by atoms with Crippen molar-refractivity contribution in [3.05, 3.63) is 34.4 Å². The van der Waals surface area contributed by atoms with Gasteiger partial charge >= 0.3 is 0 Å². The largest absolute Gasteiger partial charge is 0.313 e. The molecule has 1 rings (SSSR count). The van der Waals surface area contributed by atoms with Crippen LogP contribution in [0.2, 0.25) is 5.02 Å². The predicted molar refractivity (Wildman–Crippen MR) is 62.6 cm³/mol. The van der Waals surface area contributed by atoms with Crippen LogP contribution in [0.5, 0.6) is 0 Å². The van der Waals surface area contributed by atoms with Gasteiger partial charge in [0.1, 0.15) is 0 Å². The molecule has 0 aliphatic carbocycles. The Balaban J connectivity index is 3.15. The molecule has 1 nitrogen and oxygen atoms in total. The lowest BCUT2D eigenvalue weighted by atomic mass is 9.92. The van der Waals surface area contributed by atoms with Crippen molar-refractivity contribution in [2.75, 3.05) is 7.05 Å². The van der Waals surface area contributed by atoms with Crippen molar-refractivity contribution >= 4 is 11.6 Å². The first-order valence-electron chi connectivity index (χ1n) is 5.33. The molecule has 90 valence electrons. The molecule has 16 heavy (non-hydrogen) atoms. The highest BCUT2D eigenvalue weighted by molar-refractivity contribution is 6.31. The second kappa shape index (κ2) is 5.60. The predicted octanol–water partition coefficient (Wildman–Crippen LogP) is 3.92. The summed E-state index contributed by atoms with van der Waals surface area (Å²) in [4.78, 5) is 0. The molecule has 0 fully saturated rings. The fraction of sp³-hybridized carbons (Fsp3) is 0.500. The van der Waals surface area contributed by atoms with Gasteiger partial charge in [-0.3, -0.25) is 0 Å². The molecule has 0 aliphatic heterocycles. The van der Waals surface area contributed by atoms with Crippen LogP contribution in [0.4, 0.5) is 8.78 Å². The van der Waals surface area contributed by atoms with E-state index in [0.29, 0.717) is 11.5 Å². The summed E-state index contributed by atoms with van der Waals surface area (Å²) in [5.41, 5.74) is 0.609. The van der Waals surface area contributed by atoms with Gasteiger partial charge in [0.25, 0.3) is 0 Å². The number of halogens is 3. The molecule has 0 amide bonds. The van der Waals surface area contributed by atoms with Gasteiger partial charge in [0.05, 0.1) is 0 Å². The molecule has 0 radical (unpaired) electrons. The molecule has 2 unspecified atom stereocenters. The van der Waals surface area contributed by atoms with Gasteiger partial charge in [0, 0.05) is 11.1 Å². The van der Waals surface area contributed by atoms with Gasteiger partial charge in [-0.2, -0.15) is 0 Å². The van der Waals surface area contributed by atoms with Crippen LogP contribution in [-0.4, -0.2) is 7.05 Å². The Bertz CT molecular complexity index is 368. The van der Waals surface area contributed by atoms with E-state index in [9.17, 15) is 8.78 Å². The van der Waals surface area contributed by atoms with E-state index in [1.54, 1.807) is 7.05 Å². The Kier molecular flexibility index (Phi) is 4.69. The standard InChI is InChI=1S/C12H16ClF2N/c1-4-7(2)12(16-3)8-5-10(14)11(15)6-9(8)13/h5-7,12,16H,4H2,1-3H3. The summed E-state index contributed by atoms with van der Waals surface area (Å²) in [6.45, 7) is 4.08. The second-order valence-electron chi connectivity index (χ2n) is 3.94. The van der Waals surface area contributed by atoms with Gasteiger partial charge < -0.3 is 5.32 Å². The normalized spacial score (nSPS) is 14.9. The molecule has 1 aromatic carbocycles. The third-order valence-corrected chi connectivity index (χ3v) is 3.23. The molecular formula is C12H16ClF2N. The Hall–Kier alpha value is -0.670. The molecule has 0 bridgehead atoms. The zero-order valence-electron chi connectivity index (χ0n) is 9.65. The molecule has 0 aliphatic rings. The average molecular weight is 248 g/mol. The van der Waals surface area contributed by atoms with Crippen LogP contribution in [0.15, 0.2) is 12.1 Å². The van der Waals surface area contributed by atoms with Crippen molar-refractivity contribution in [3.63, 3.8) is 0 Å². The van der Waals surface area contributed by atoms with Gasteiger partial charge in [-0.25, -0.2) is 8.78 Å². The van der Waals surface area contributed by atoms with Crippen LogP contribution in [0.25, 0.3) is 0 Å². The lowest BCUT2D eigenvalue weighted by Crippen LogP contribution is -2.23. The quantitative estimate of drug-likeness (QED) is 0.795. The Morgan fingerprint density at radius 2 is 1.88 bits per heavy atom. The molecule has 4 heteroatoms. The molecule has 1 N–H and O–H groups in total. The smallest absolute Gasteiger partial charge is 0.160 e. The highest BCUT2D eigenvalue weighted by atomic mass is 35.5. The Morgan fingerprint density at radius 1 is 1.31 bits per heavy atom. The van der Waals surface area contributed by atoms with Gasteiger partial charge in [-0.15, -0.1) is 0 Å². The molecule has 0 spiro atoms. The minimum absolute atomic E-state index is 0.0624. The van der Waals surface area contributed by atoms with Gasteiger partial charge in [0.2, 0.25) is 0 Å². The van der Waals surface area contributed by atoms with Crippen LogP contribution >= 0.6 is 11.6 Å². The number of hydrogen-bond donors (Lipinski definition) is 1. The summed E-state index contributed by atoms with van der Waals surface area (Å²) >= 11 is 5.93. The summed E-state index contributed by atoms with van der Waals surface area (Å²) in [6, 6.07) is 2.14. The molecule has 0 heterocycles. The van der Waals surface area contributed by atoms with Crippen molar-refractivity contribution in [1.29, 1.82) is 0 Å². The molecule has 0 aromatic heterocycles. The van der Waals surface area contributed by atoms with E-state index in [2.05, 4.69) is 5.32 Å². The maximum atomic E-state index is 13.2. The first-order valence-corrected chi connectivity index (χ1v) is 5.70. The molecule has 0 saturated carbocycles. The first kappa shape index (κ1) is 13.4. The molecule has 0 saturated heterocycles. The van der Waals surface area contributed by atoms with Crippen LogP contribution < -0.4 is 5.32 Å². The Labute approximate surface area is 99.8 Å². The van der Waals surface area contributed by atoms with Crippen LogP contribution in [0, 0.1) is 17.6 Å². The van der Waals surface area contributed by atoms with E-state index in [-0.39, 0.29) is 11.1 Å². The van der Waals surface area contributed by atoms with Crippen molar-refractivity contribution in [1.82, 2.24) is 5.32 Å². The summed E-state index contributed by atoms with van der Waals surface area (Å²) in [5.74, 6) is -1.47. The van der Waals surface area contributed by atoms with Gasteiger partial charge in [0.15, 0.2) is 11.6 Å². The zero-order valence-corrected chi connectivity index (χ0v) is 10.4. The first-order chi connectivity index (χ1) is 7.51. The van der Waals surface area contributed by atoms with Gasteiger partial charge in [-0.1, -0.05) is 31.9 Å². The van der Waals surface area contributed by atoms with E-state index >= 15 is 0 Å². The topological polar surface area (TPSA) is 12.0 Å². The minimum atomic E-state index is -0.909. The number of nitrogens with one attached hydrogen (secondary N) is 1. The number of rotatable bonds is 4. The van der Waals surface area contributed by atoms with Crippen molar-refractivity contribution in [2.45, 2.75) is 26.3 Å². The highest BCUT2D eigenvalue weighted by Gasteiger charge is 2.20. The highest BCUT2D eigenvalue weighted by Crippen LogP contribution is 2.31. The van der Waals surface area contributed by atoms with Crippen LogP contribution in [-0.2, 0) is 0 Å². The minimum Gasteiger partial charge on any atom is -0.313 e. The van der Waals surface area contributed by atoms with Crippen molar-refractivity contribution in [3.8, 4) is 0 Å².